The van der Waals surface area contributed by atoms with Crippen LogP contribution in [0.3, 0.4) is 0 Å². The molecule has 0 aliphatic rings. The third-order valence-electron chi connectivity index (χ3n) is 0. The quantitative estimate of drug-likeness (QED) is 0.316. The van der Waals surface area contributed by atoms with Crippen LogP contribution < -0.4 is 57.5 Å². The van der Waals surface area contributed by atoms with Gasteiger partial charge in [0, 0.05) is 0 Å². The summed E-state index contributed by atoms with van der Waals surface area (Å²) in [4.78, 5) is 103. The third kappa shape index (κ3) is 2280. The Balaban J connectivity index is -0.0000000206. The Hall–Kier alpha value is 2.30. The van der Waals surface area contributed by atoms with E-state index >= 15 is 0 Å². The molecule has 0 fully saturated rings. The van der Waals surface area contributed by atoms with Crippen LogP contribution >= 0.6 is 0 Å². The van der Waals surface area contributed by atoms with Gasteiger partial charge in [-0.1, -0.05) is 20.8 Å². The van der Waals surface area contributed by atoms with Gasteiger partial charge in [0.15, 0.2) is 0 Å². The van der Waals surface area contributed by atoms with E-state index in [1.807, 2.05) is 0 Å². The molecular formula is C4H10Al4O12Si3. The Morgan fingerprint density at radius 1 is 0.391 bits per heavy atom. The fourth-order valence-electron chi connectivity index (χ4n) is 0. The molecule has 0 aromatic rings. The van der Waals surface area contributed by atoms with Crippen molar-refractivity contribution in [2.24, 2.45) is 5.92 Å². The molecule has 0 heterocycles. The molecule has 0 atom stereocenters. The number of rotatable bonds is 0. The van der Waals surface area contributed by atoms with E-state index in [0.717, 1.165) is 5.92 Å². The first kappa shape index (κ1) is 49.9. The van der Waals surface area contributed by atoms with Gasteiger partial charge in [-0.3, -0.25) is 0 Å². The van der Waals surface area contributed by atoms with Gasteiger partial charge in [0.1, 0.15) is 0 Å². The predicted molar refractivity (Wildman–Crippen MR) is 60.8 cm³/mol. The van der Waals surface area contributed by atoms with Crippen LogP contribution in [0.4, 0.5) is 0 Å². The van der Waals surface area contributed by atoms with Gasteiger partial charge in [-0.25, -0.2) is 0 Å². The van der Waals surface area contributed by atoms with Gasteiger partial charge >= 0.3 is 69.4 Å². The van der Waals surface area contributed by atoms with E-state index in [0.29, 0.717) is 0 Å². The van der Waals surface area contributed by atoms with Crippen LogP contribution in [-0.2, 0) is 0 Å². The molecule has 23 heavy (non-hydrogen) atoms. The topological polar surface area (TPSA) is 277 Å². The summed E-state index contributed by atoms with van der Waals surface area (Å²) >= 11 is 0. The zero-order chi connectivity index (χ0) is 17.1. The van der Waals surface area contributed by atoms with Crippen LogP contribution in [0.1, 0.15) is 20.8 Å². The second kappa shape index (κ2) is 24.3. The minimum atomic E-state index is -5.61. The molecule has 0 spiro atoms. The van der Waals surface area contributed by atoms with Crippen molar-refractivity contribution in [2.45, 2.75) is 20.8 Å². The van der Waals surface area contributed by atoms with Gasteiger partial charge in [-0.05, 0) is 5.92 Å². The molecule has 0 aromatic carbocycles. The summed E-state index contributed by atoms with van der Waals surface area (Å²) in [5.74, 6) is 0.833. The van der Waals surface area contributed by atoms with Crippen LogP contribution in [0.25, 0.3) is 0 Å². The summed E-state index contributed by atoms with van der Waals surface area (Å²) in [6, 6.07) is 0. The van der Waals surface area contributed by atoms with Crippen molar-refractivity contribution in [3.8, 4) is 0 Å². The van der Waals surface area contributed by atoms with Crippen molar-refractivity contribution in [1.82, 2.24) is 0 Å². The van der Waals surface area contributed by atoms with Crippen molar-refractivity contribution >= 4 is 96.6 Å². The molecule has 0 rings (SSSR count). The molecule has 0 unspecified atom stereocenters. The molecule has 122 valence electrons. The Morgan fingerprint density at radius 2 is 0.391 bits per heavy atom. The SMILES string of the molecule is CC(C)C.[Al+3].[Al+3].[Al+3].[Al+3].[O-][Si]([O-])([O-])[O-].[O-][Si]([O-])([O-])[O-].[O-][Si]([O-])([O-])[O-]. The zero-order valence-corrected chi connectivity index (χ0v) is 19.9. The van der Waals surface area contributed by atoms with E-state index in [4.69, 9.17) is 57.5 Å². The molecule has 0 amide bonds. The van der Waals surface area contributed by atoms with Gasteiger partial charge in [-0.15, -0.1) is 0 Å². The maximum absolute atomic E-state index is 8.58. The largest absolute Gasteiger partial charge is 3.00 e. The fraction of sp³-hybridized carbons (Fsp3) is 1.00. The van der Waals surface area contributed by atoms with Crippen LogP contribution in [0.5, 0.6) is 0 Å². The van der Waals surface area contributed by atoms with E-state index in [-0.39, 0.29) is 69.4 Å². The summed E-state index contributed by atoms with van der Waals surface area (Å²) in [5, 5.41) is 0. The average molecular weight is 442 g/mol. The van der Waals surface area contributed by atoms with Crippen molar-refractivity contribution in [3.63, 3.8) is 0 Å². The van der Waals surface area contributed by atoms with Crippen molar-refractivity contribution in [2.75, 3.05) is 0 Å². The fourth-order valence-corrected chi connectivity index (χ4v) is 0. The molecule has 0 bridgehead atoms. The molecule has 12 nitrogen and oxygen atoms in total. The molecule has 0 aliphatic heterocycles. The smallest absolute Gasteiger partial charge is 0.894 e. The minimum absolute atomic E-state index is 0. The monoisotopic (exact) mass is 442 g/mol. The van der Waals surface area contributed by atoms with Gasteiger partial charge in [0.2, 0.25) is 0 Å². The molecule has 0 N–H and O–H groups in total. The molecule has 0 radical (unpaired) electrons. The summed E-state index contributed by atoms with van der Waals surface area (Å²) in [7, 11) is -16.8. The molecular weight excluding hydrogens is 432 g/mol. The Kier molecular flexibility index (Phi) is 52.7. The van der Waals surface area contributed by atoms with Gasteiger partial charge in [0.25, 0.3) is 0 Å². The Morgan fingerprint density at radius 3 is 0.391 bits per heavy atom. The van der Waals surface area contributed by atoms with Gasteiger partial charge in [-0.2, -0.15) is 0 Å². The second-order valence-electron chi connectivity index (χ2n) is 3.23. The summed E-state index contributed by atoms with van der Waals surface area (Å²) < 4.78 is 0. The van der Waals surface area contributed by atoms with E-state index in [2.05, 4.69) is 20.8 Å². The van der Waals surface area contributed by atoms with Crippen molar-refractivity contribution in [3.05, 3.63) is 0 Å². The molecule has 0 aromatic heterocycles. The van der Waals surface area contributed by atoms with Crippen molar-refractivity contribution in [1.29, 1.82) is 0 Å². The predicted octanol–water partition coefficient (Wildman–Crippen LogP) is -15.3. The van der Waals surface area contributed by atoms with Crippen LogP contribution in [-0.4, -0.2) is 96.6 Å². The summed E-state index contributed by atoms with van der Waals surface area (Å²) in [6.07, 6.45) is 0. The number of hydrogen-bond donors (Lipinski definition) is 0. The van der Waals surface area contributed by atoms with Crippen LogP contribution in [0.2, 0.25) is 0 Å². The maximum atomic E-state index is 8.58. The molecule has 0 aliphatic carbocycles. The minimum Gasteiger partial charge on any atom is -0.894 e. The molecule has 19 heteroatoms. The van der Waals surface area contributed by atoms with E-state index in [1.165, 1.54) is 0 Å². The first-order chi connectivity index (χ1) is 7.73. The third-order valence-corrected chi connectivity index (χ3v) is 0. The average Bonchev–Trinajstić information content (AvgIpc) is 1.66. The van der Waals surface area contributed by atoms with E-state index < -0.39 is 27.1 Å². The Bertz CT molecular complexity index is 145. The van der Waals surface area contributed by atoms with E-state index in [9.17, 15) is 0 Å². The van der Waals surface area contributed by atoms with Crippen molar-refractivity contribution < 1.29 is 57.5 Å². The second-order valence-corrected chi connectivity index (χ2v) is 6.23. The van der Waals surface area contributed by atoms with Gasteiger partial charge < -0.3 is 84.7 Å². The summed E-state index contributed by atoms with van der Waals surface area (Å²) in [5.41, 5.74) is 0. The van der Waals surface area contributed by atoms with Crippen LogP contribution in [0, 0.1) is 5.92 Å². The Labute approximate surface area is 179 Å². The normalized spacial score (nSPS) is 9.39. The maximum Gasteiger partial charge on any atom is 3.00 e. The van der Waals surface area contributed by atoms with Crippen LogP contribution in [0.15, 0.2) is 0 Å². The first-order valence-electron chi connectivity index (χ1n) is 4.18. The van der Waals surface area contributed by atoms with Gasteiger partial charge in [0.05, 0.1) is 0 Å². The van der Waals surface area contributed by atoms with E-state index in [1.54, 1.807) is 0 Å². The zero-order valence-electron chi connectivity index (χ0n) is 12.3. The standard InChI is InChI=1S/C4H10.4Al.3O4Si/c1-4(2)3;;;;;3*1-5(2,3)4/h4H,1-3H3;;;;;;;/q;4*+3;3*-4. The first-order valence-corrected chi connectivity index (χ1v) is 9.08. The molecule has 0 saturated heterocycles. The number of hydrogen-bond acceptors (Lipinski definition) is 12. The molecule has 0 saturated carbocycles. The summed E-state index contributed by atoms with van der Waals surface area (Å²) in [6.45, 7) is 6.50.